The van der Waals surface area contributed by atoms with Crippen molar-refractivity contribution in [2.75, 3.05) is 76.5 Å². The molecular weight excluding hydrogens is 1410 g/mol. The molecule has 0 radical (unpaired) electrons. The van der Waals surface area contributed by atoms with Gasteiger partial charge in [0.15, 0.2) is 0 Å². The highest BCUT2D eigenvalue weighted by Gasteiger charge is 2.51. The van der Waals surface area contributed by atoms with Crippen molar-refractivity contribution >= 4 is 98.4 Å². The number of nitrogens with zero attached hydrogens (tertiary/aromatic N) is 9. The normalized spacial score (nSPS) is 25.1. The minimum Gasteiger partial charge on any atom is -0.347 e. The van der Waals surface area contributed by atoms with Gasteiger partial charge in [-0.2, -0.15) is 13.2 Å². The maximum atomic E-state index is 15.6. The van der Waals surface area contributed by atoms with Gasteiger partial charge in [0.25, 0.3) is 0 Å². The highest BCUT2D eigenvalue weighted by molar-refractivity contribution is 9.10. The number of fused-ring (bicyclic) bond motifs is 1. The first kappa shape index (κ1) is 82.8. The summed E-state index contributed by atoms with van der Waals surface area (Å²) in [7, 11) is 12.4. The summed E-state index contributed by atoms with van der Waals surface area (Å²) in [6.07, 6.45) is -4.14. The predicted molar refractivity (Wildman–Crippen MR) is 381 cm³/mol. The van der Waals surface area contributed by atoms with E-state index in [1.807, 2.05) is 19.1 Å². The Morgan fingerprint density at radius 2 is 1.22 bits per heavy atom. The summed E-state index contributed by atoms with van der Waals surface area (Å²) in [5, 5.41) is 7.95. The largest absolute Gasteiger partial charge is 0.417 e. The van der Waals surface area contributed by atoms with Crippen molar-refractivity contribution in [2.45, 2.75) is 192 Å². The fraction of sp³-hybridized carbons (Fsp3) is 0.589. The van der Waals surface area contributed by atoms with Crippen LogP contribution in [0.4, 0.5) is 13.2 Å². The number of nitrogens with one attached hydrogen (secondary N) is 3. The van der Waals surface area contributed by atoms with E-state index in [0.29, 0.717) is 41.3 Å². The molecule has 0 bridgehead atoms. The first-order chi connectivity index (χ1) is 47.7. The number of carbonyl (C=O) groups excluding carboxylic acids is 12. The zero-order valence-electron chi connectivity index (χ0n) is 61.4. The number of carbonyl (C=O) groups is 12. The molecule has 3 aliphatic rings. The van der Waals surface area contributed by atoms with Gasteiger partial charge >= 0.3 is 6.18 Å². The van der Waals surface area contributed by atoms with Gasteiger partial charge < -0.3 is 60.0 Å². The number of alkyl halides is 3. The molecule has 24 nitrogen and oxygen atoms in total. The van der Waals surface area contributed by atoms with Gasteiger partial charge in [0.1, 0.15) is 59.9 Å². The minimum absolute atomic E-state index is 0.0654. The lowest BCUT2D eigenvalue weighted by Gasteiger charge is -2.45. The third-order valence-electron chi connectivity index (χ3n) is 20.9. The molecule has 1 saturated carbocycles. The second-order valence-electron chi connectivity index (χ2n) is 28.1. The second kappa shape index (κ2) is 35.4. The second-order valence-corrected chi connectivity index (χ2v) is 29.4. The summed E-state index contributed by atoms with van der Waals surface area (Å²) in [4.78, 5) is 190. The quantitative estimate of drug-likeness (QED) is 0.192. The van der Waals surface area contributed by atoms with E-state index in [4.69, 9.17) is 11.6 Å². The molecule has 11 atom stereocenters. The van der Waals surface area contributed by atoms with Crippen LogP contribution in [0.1, 0.15) is 127 Å². The van der Waals surface area contributed by atoms with Gasteiger partial charge in [0, 0.05) is 87.3 Å². The van der Waals surface area contributed by atoms with Gasteiger partial charge in [0.2, 0.25) is 70.9 Å². The Labute approximate surface area is 610 Å². The monoisotopic (exact) mass is 1510 g/mol. The number of halogens is 5. The van der Waals surface area contributed by atoms with Crippen molar-refractivity contribution in [3.63, 3.8) is 0 Å². The molecule has 6 rings (SSSR count). The van der Waals surface area contributed by atoms with Crippen LogP contribution in [0, 0.1) is 18.8 Å². The summed E-state index contributed by atoms with van der Waals surface area (Å²) in [5.41, 5.74) is -0.446. The number of rotatable bonds is 12. The Balaban J connectivity index is 1.48. The zero-order valence-corrected chi connectivity index (χ0v) is 63.8. The Kier molecular flexibility index (Phi) is 28.7. The van der Waals surface area contributed by atoms with Crippen LogP contribution in [-0.2, 0) is 83.0 Å². The third kappa shape index (κ3) is 19.6. The van der Waals surface area contributed by atoms with E-state index in [9.17, 15) is 46.7 Å². The maximum absolute atomic E-state index is 15.6. The molecule has 3 aromatic rings. The van der Waals surface area contributed by atoms with Crippen molar-refractivity contribution in [1.82, 2.24) is 60.0 Å². The number of likely N-dealkylation sites (N-methyl/N-ethyl adjacent to an activating group) is 8. The highest BCUT2D eigenvalue weighted by atomic mass is 79.9. The van der Waals surface area contributed by atoms with Crippen molar-refractivity contribution in [2.24, 2.45) is 11.8 Å². The van der Waals surface area contributed by atoms with Gasteiger partial charge in [-0.15, -0.1) is 0 Å². The van der Waals surface area contributed by atoms with E-state index in [0.717, 1.165) is 37.3 Å². The highest BCUT2D eigenvalue weighted by Crippen LogP contribution is 2.37. The Bertz CT molecular complexity index is 3580. The molecule has 3 fully saturated rings. The average molecular weight is 1510 g/mol. The van der Waals surface area contributed by atoms with Crippen molar-refractivity contribution in [3.05, 3.63) is 104 Å². The molecule has 2 heterocycles. The van der Waals surface area contributed by atoms with Crippen LogP contribution in [0.2, 0.25) is 5.02 Å². The molecule has 12 amide bonds. The number of hydrogen-bond donors (Lipinski definition) is 3. The van der Waals surface area contributed by atoms with E-state index in [-0.39, 0.29) is 57.1 Å². The fourth-order valence-corrected chi connectivity index (χ4v) is 13.8. The van der Waals surface area contributed by atoms with Crippen molar-refractivity contribution < 1.29 is 70.7 Å². The van der Waals surface area contributed by atoms with Gasteiger partial charge in [-0.05, 0) is 106 Å². The number of hydrogen-bond acceptors (Lipinski definition) is 12. The molecule has 1 aliphatic carbocycles. The summed E-state index contributed by atoms with van der Waals surface area (Å²) in [5.74, 6) is -9.84. The van der Waals surface area contributed by atoms with Crippen LogP contribution in [0.5, 0.6) is 0 Å². The Morgan fingerprint density at radius 3 is 1.75 bits per heavy atom. The first-order valence-electron chi connectivity index (χ1n) is 34.7. The van der Waals surface area contributed by atoms with E-state index < -0.39 is 172 Å². The van der Waals surface area contributed by atoms with E-state index in [2.05, 4.69) is 31.9 Å². The zero-order chi connectivity index (χ0) is 76.3. The van der Waals surface area contributed by atoms with Crippen LogP contribution in [0.3, 0.4) is 0 Å². The van der Waals surface area contributed by atoms with Crippen molar-refractivity contribution in [3.8, 4) is 0 Å². The molecule has 3 aromatic carbocycles. The summed E-state index contributed by atoms with van der Waals surface area (Å²) < 4.78 is 42.6. The molecule has 1 spiro atoms. The summed E-state index contributed by atoms with van der Waals surface area (Å²) in [6, 6.07) is 5.24. The van der Waals surface area contributed by atoms with Gasteiger partial charge in [-0.1, -0.05) is 129 Å². The lowest BCUT2D eigenvalue weighted by molar-refractivity contribution is -0.160. The number of benzene rings is 3. The molecule has 102 heavy (non-hydrogen) atoms. The number of aryl methyl sites for hydroxylation is 2. The molecule has 29 heteroatoms. The topological polar surface area (TPSA) is 270 Å². The molecular formula is C73H101BrClF3N12O12. The van der Waals surface area contributed by atoms with Gasteiger partial charge in [-0.3, -0.25) is 57.5 Å². The first-order valence-corrected chi connectivity index (χ1v) is 35.8. The lowest BCUT2D eigenvalue weighted by Crippen LogP contribution is -2.65. The fourth-order valence-electron chi connectivity index (χ4n) is 13.3. The van der Waals surface area contributed by atoms with Crippen LogP contribution in [-0.4, -0.2) is 251 Å². The number of amides is 12. The molecule has 560 valence electrons. The summed E-state index contributed by atoms with van der Waals surface area (Å²) in [6.45, 7) is 11.3. The van der Waals surface area contributed by atoms with Gasteiger partial charge in [-0.25, -0.2) is 0 Å². The summed E-state index contributed by atoms with van der Waals surface area (Å²) >= 11 is 9.64. The third-order valence-corrected chi connectivity index (χ3v) is 21.7. The maximum Gasteiger partial charge on any atom is 0.417 e. The molecule has 0 unspecified atom stereocenters. The van der Waals surface area contributed by atoms with Crippen LogP contribution in [0.25, 0.3) is 0 Å². The molecule has 2 saturated heterocycles. The molecule has 2 aliphatic heterocycles. The smallest absolute Gasteiger partial charge is 0.347 e. The van der Waals surface area contributed by atoms with Crippen LogP contribution >= 0.6 is 27.5 Å². The average Bonchev–Trinajstić information content (AvgIpc) is 1.18. The Morgan fingerprint density at radius 1 is 0.657 bits per heavy atom. The Hall–Kier alpha value is -8.14. The molecule has 3 N–H and O–H groups in total. The standard InChI is InChI=1S/C73H101BrClF3N12O12/c1-17-43(4)60-69(100)85(12)46(7)64(95)90-36-33-54(90)68(99)87(14)56(39-48-23-21-42(3)22-24-48)67(98)83(10)41-58(91)79-53(32-28-47-27-31-51(52(75)37-47)73(76,77)78)65(96)86(13)55(38-49-25-29-50(74)30-26-49)63(94)81-72(34-19-20-35-72)71(102)89(16)61(44(5)18-2)70(101)88(15)57(66(97)82(8)9)40-59(92)84(11)45(6)62(93)80-60/h21-27,29-31,37,43-46,53-57,60-61H,17-20,28,32-36,38-41H2,1-16H3,(H,79,91)(H,80,93)(H,81,94)/t43-,44-,45-,46-,53-,54-,55-,56-,57-,60-,61-/m0/s1. The predicted octanol–water partition coefficient (Wildman–Crippen LogP) is 5.89. The van der Waals surface area contributed by atoms with Crippen molar-refractivity contribution in [1.29, 1.82) is 0 Å². The van der Waals surface area contributed by atoms with Crippen LogP contribution < -0.4 is 16.0 Å². The molecule has 0 aromatic heterocycles. The van der Waals surface area contributed by atoms with E-state index >= 15 is 24.0 Å². The van der Waals surface area contributed by atoms with Crippen LogP contribution in [0.15, 0.2) is 71.2 Å². The van der Waals surface area contributed by atoms with E-state index in [1.165, 1.54) is 108 Å². The van der Waals surface area contributed by atoms with E-state index in [1.54, 1.807) is 64.1 Å². The SMILES string of the molecule is CC[C@H](C)[C@@H]1NC(=O)[C@H](C)N(C)C(=O)C[C@@H](C(=O)N(C)C)N(C)C(=O)[C@H]([C@@H](C)CC)N(C)C(=O)C2(CCCC2)NC(=O)[C@H](Cc2ccc(Br)cc2)N(C)C(=O)[C@H](CCc2ccc(C(F)(F)F)c(Cl)c2)NC(=O)CN(C)C(=O)[C@H](Cc2ccc(C)cc2)N(C)C(=O)[C@@H]2CCN2C(=O)[C@H](C)N(C)C1=O. The lowest BCUT2D eigenvalue weighted by atomic mass is 9.90. The van der Waals surface area contributed by atoms with Gasteiger partial charge in [0.05, 0.1) is 23.6 Å². The minimum atomic E-state index is -4.79.